The fraction of sp³-hybridized carbons (Fsp3) is 0.0400. The zero-order valence-corrected chi connectivity index (χ0v) is 15.9. The van der Waals surface area contributed by atoms with Gasteiger partial charge in [-0.15, -0.1) is 0 Å². The summed E-state index contributed by atoms with van der Waals surface area (Å²) in [7, 11) is 0. The zero-order valence-electron chi connectivity index (χ0n) is 15.9. The first-order chi connectivity index (χ1) is 14.2. The Morgan fingerprint density at radius 1 is 0.862 bits per heavy atom. The van der Waals surface area contributed by atoms with E-state index in [4.69, 9.17) is 4.98 Å². The lowest BCUT2D eigenvalue weighted by Gasteiger charge is -2.02. The molecule has 2 heterocycles. The van der Waals surface area contributed by atoms with Gasteiger partial charge >= 0.3 is 0 Å². The summed E-state index contributed by atoms with van der Waals surface area (Å²) in [6.07, 6.45) is 1.94. The SMILES string of the molecule is CC(=O)c1ccc2c(-c3nc(-c4ccccc4)c(-c4ccccc4)[nH]3)c[nH]c2c1. The van der Waals surface area contributed by atoms with Crippen LogP contribution in [-0.4, -0.2) is 20.7 Å². The van der Waals surface area contributed by atoms with Crippen molar-refractivity contribution < 1.29 is 4.79 Å². The van der Waals surface area contributed by atoms with Crippen molar-refractivity contribution >= 4 is 16.7 Å². The number of hydrogen-bond acceptors (Lipinski definition) is 2. The normalized spacial score (nSPS) is 11.1. The van der Waals surface area contributed by atoms with E-state index < -0.39 is 0 Å². The molecule has 29 heavy (non-hydrogen) atoms. The average molecular weight is 377 g/mol. The third-order valence-electron chi connectivity index (χ3n) is 5.16. The molecule has 5 rings (SSSR count). The monoisotopic (exact) mass is 377 g/mol. The summed E-state index contributed by atoms with van der Waals surface area (Å²) in [6, 6.07) is 26.1. The van der Waals surface area contributed by atoms with Crippen LogP contribution in [0, 0.1) is 0 Å². The summed E-state index contributed by atoms with van der Waals surface area (Å²) >= 11 is 0. The molecule has 2 N–H and O–H groups in total. The molecular weight excluding hydrogens is 358 g/mol. The lowest BCUT2D eigenvalue weighted by molar-refractivity contribution is 0.101. The highest BCUT2D eigenvalue weighted by Crippen LogP contribution is 2.35. The van der Waals surface area contributed by atoms with Crippen LogP contribution in [0.3, 0.4) is 0 Å². The number of ketones is 1. The summed E-state index contributed by atoms with van der Waals surface area (Å²) in [5, 5.41) is 1.03. The second-order valence-electron chi connectivity index (χ2n) is 7.06. The molecule has 0 aliphatic heterocycles. The van der Waals surface area contributed by atoms with Gasteiger partial charge in [0.1, 0.15) is 5.82 Å². The Morgan fingerprint density at radius 3 is 2.24 bits per heavy atom. The highest BCUT2D eigenvalue weighted by atomic mass is 16.1. The largest absolute Gasteiger partial charge is 0.360 e. The molecule has 0 amide bonds. The predicted molar refractivity (Wildman–Crippen MR) is 117 cm³/mol. The van der Waals surface area contributed by atoms with Crippen molar-refractivity contribution in [2.75, 3.05) is 0 Å². The fourth-order valence-corrected chi connectivity index (χ4v) is 3.66. The molecule has 0 bridgehead atoms. The Bertz CT molecular complexity index is 1260. The number of aromatic amines is 2. The van der Waals surface area contributed by atoms with Crippen LogP contribution >= 0.6 is 0 Å². The van der Waals surface area contributed by atoms with Crippen LogP contribution in [-0.2, 0) is 0 Å². The molecule has 0 spiro atoms. The Hall–Kier alpha value is -3.92. The molecule has 5 aromatic rings. The number of hydrogen-bond donors (Lipinski definition) is 2. The van der Waals surface area contributed by atoms with Crippen molar-refractivity contribution in [3.8, 4) is 33.9 Å². The van der Waals surface area contributed by atoms with E-state index in [0.29, 0.717) is 5.56 Å². The molecule has 0 saturated carbocycles. The fourth-order valence-electron chi connectivity index (χ4n) is 3.66. The van der Waals surface area contributed by atoms with E-state index in [0.717, 1.165) is 44.8 Å². The van der Waals surface area contributed by atoms with Crippen molar-refractivity contribution in [1.29, 1.82) is 0 Å². The van der Waals surface area contributed by atoms with Crippen LogP contribution in [0.4, 0.5) is 0 Å². The maximum absolute atomic E-state index is 11.7. The molecule has 0 unspecified atom stereocenters. The lowest BCUT2D eigenvalue weighted by Crippen LogP contribution is -1.90. The van der Waals surface area contributed by atoms with Crippen LogP contribution in [0.5, 0.6) is 0 Å². The van der Waals surface area contributed by atoms with Crippen molar-refractivity contribution in [3.05, 3.63) is 90.6 Å². The number of aromatic nitrogens is 3. The van der Waals surface area contributed by atoms with Gasteiger partial charge in [-0.3, -0.25) is 4.79 Å². The molecular formula is C25H19N3O. The molecule has 140 valence electrons. The first kappa shape index (κ1) is 17.2. The summed E-state index contributed by atoms with van der Waals surface area (Å²) in [6.45, 7) is 1.58. The Balaban J connectivity index is 1.70. The number of nitrogens with zero attached hydrogens (tertiary/aromatic N) is 1. The highest BCUT2D eigenvalue weighted by Gasteiger charge is 2.17. The van der Waals surface area contributed by atoms with Gasteiger partial charge in [0.2, 0.25) is 0 Å². The molecule has 0 aliphatic rings. The van der Waals surface area contributed by atoms with Crippen LogP contribution in [0.25, 0.3) is 44.8 Å². The first-order valence-corrected chi connectivity index (χ1v) is 9.54. The van der Waals surface area contributed by atoms with Crippen LogP contribution in [0.1, 0.15) is 17.3 Å². The van der Waals surface area contributed by atoms with E-state index in [1.807, 2.05) is 60.8 Å². The van der Waals surface area contributed by atoms with Gasteiger partial charge in [-0.1, -0.05) is 72.8 Å². The number of nitrogens with one attached hydrogen (secondary N) is 2. The maximum atomic E-state index is 11.7. The number of rotatable bonds is 4. The first-order valence-electron chi connectivity index (χ1n) is 9.54. The number of carbonyl (C=O) groups excluding carboxylic acids is 1. The Morgan fingerprint density at radius 2 is 1.55 bits per heavy atom. The predicted octanol–water partition coefficient (Wildman–Crippen LogP) is 6.09. The molecule has 0 aliphatic carbocycles. The standard InChI is InChI=1S/C25H19N3O/c1-16(29)19-12-13-20-21(15-26-22(20)14-19)25-27-23(17-8-4-2-5-9-17)24(28-25)18-10-6-3-7-11-18/h2-15,26H,1H3,(H,27,28). The van der Waals surface area contributed by atoms with E-state index in [2.05, 4.69) is 34.2 Å². The second kappa shape index (κ2) is 6.91. The average Bonchev–Trinajstić information content (AvgIpc) is 3.39. The number of fused-ring (bicyclic) bond motifs is 1. The van der Waals surface area contributed by atoms with Crippen LogP contribution in [0.2, 0.25) is 0 Å². The number of imidazole rings is 1. The van der Waals surface area contributed by atoms with E-state index in [9.17, 15) is 4.79 Å². The maximum Gasteiger partial charge on any atom is 0.159 e. The molecule has 3 aromatic carbocycles. The summed E-state index contributed by atoms with van der Waals surface area (Å²) in [5.74, 6) is 0.850. The van der Waals surface area contributed by atoms with Gasteiger partial charge in [-0.25, -0.2) is 4.98 Å². The van der Waals surface area contributed by atoms with Gasteiger partial charge in [0.25, 0.3) is 0 Å². The number of H-pyrrole nitrogens is 2. The van der Waals surface area contributed by atoms with E-state index in [-0.39, 0.29) is 5.78 Å². The van der Waals surface area contributed by atoms with E-state index in [1.54, 1.807) is 6.92 Å². The van der Waals surface area contributed by atoms with Gasteiger partial charge in [-0.05, 0) is 13.0 Å². The van der Waals surface area contributed by atoms with Gasteiger partial charge in [-0.2, -0.15) is 0 Å². The van der Waals surface area contributed by atoms with Gasteiger partial charge in [0, 0.05) is 39.4 Å². The molecule has 0 radical (unpaired) electrons. The minimum Gasteiger partial charge on any atom is -0.360 e. The van der Waals surface area contributed by atoms with Crippen molar-refractivity contribution in [2.45, 2.75) is 6.92 Å². The van der Waals surface area contributed by atoms with Gasteiger partial charge in [0.15, 0.2) is 5.78 Å². The quantitative estimate of drug-likeness (QED) is 0.372. The topological polar surface area (TPSA) is 61.5 Å². The third kappa shape index (κ3) is 3.05. The summed E-state index contributed by atoms with van der Waals surface area (Å²) < 4.78 is 0. The van der Waals surface area contributed by atoms with E-state index >= 15 is 0 Å². The summed E-state index contributed by atoms with van der Waals surface area (Å²) in [4.78, 5) is 23.5. The molecule has 0 saturated heterocycles. The van der Waals surface area contributed by atoms with E-state index in [1.165, 1.54) is 0 Å². The van der Waals surface area contributed by atoms with Crippen molar-refractivity contribution in [2.24, 2.45) is 0 Å². The molecule has 4 nitrogen and oxygen atoms in total. The minimum atomic E-state index is 0.0544. The van der Waals surface area contributed by atoms with Crippen molar-refractivity contribution in [1.82, 2.24) is 15.0 Å². The van der Waals surface area contributed by atoms with Crippen molar-refractivity contribution in [3.63, 3.8) is 0 Å². The minimum absolute atomic E-state index is 0.0544. The second-order valence-corrected chi connectivity index (χ2v) is 7.06. The zero-order chi connectivity index (χ0) is 19.8. The van der Waals surface area contributed by atoms with Gasteiger partial charge in [0.05, 0.1) is 11.4 Å². The lowest BCUT2D eigenvalue weighted by atomic mass is 10.1. The summed E-state index contributed by atoms with van der Waals surface area (Å²) in [5.41, 5.74) is 6.65. The molecule has 0 fully saturated rings. The molecule has 4 heteroatoms. The number of carbonyl (C=O) groups is 1. The Kier molecular flexibility index (Phi) is 4.10. The Labute approximate surface area is 168 Å². The number of Topliss-reactive ketones (excluding diaryl/α,β-unsaturated/α-hetero) is 1. The van der Waals surface area contributed by atoms with Crippen LogP contribution < -0.4 is 0 Å². The number of benzene rings is 3. The highest BCUT2D eigenvalue weighted by molar-refractivity contribution is 6.01. The van der Waals surface area contributed by atoms with Crippen LogP contribution in [0.15, 0.2) is 85.1 Å². The third-order valence-corrected chi connectivity index (χ3v) is 5.16. The smallest absolute Gasteiger partial charge is 0.159 e. The van der Waals surface area contributed by atoms with Gasteiger partial charge < -0.3 is 9.97 Å². The molecule has 2 aromatic heterocycles. The molecule has 0 atom stereocenters.